The quantitative estimate of drug-likeness (QED) is 0.630. The highest BCUT2D eigenvalue weighted by atomic mass is 16.5. The van der Waals surface area contributed by atoms with Crippen molar-refractivity contribution in [1.82, 2.24) is 4.48 Å². The van der Waals surface area contributed by atoms with Crippen molar-refractivity contribution in [2.24, 2.45) is 5.73 Å². The fourth-order valence-electron chi connectivity index (χ4n) is 2.80. The number of hydrogen-bond donors (Lipinski definition) is 2. The van der Waals surface area contributed by atoms with Gasteiger partial charge in [0, 0.05) is 6.07 Å². The van der Waals surface area contributed by atoms with Crippen LogP contribution in [0, 0.1) is 6.42 Å². The van der Waals surface area contributed by atoms with Gasteiger partial charge in [-0.2, -0.15) is 0 Å². The van der Waals surface area contributed by atoms with E-state index in [0.717, 1.165) is 5.56 Å². The number of nitrogen functional groups attached to an aromatic ring is 1. The lowest BCUT2D eigenvalue weighted by atomic mass is 10.0. The molecule has 1 unspecified atom stereocenters. The van der Waals surface area contributed by atoms with Gasteiger partial charge in [0.2, 0.25) is 0 Å². The Hall–Kier alpha value is -2.08. The largest absolute Gasteiger partial charge is 0.494 e. The number of quaternary nitrogens is 1. The summed E-state index contributed by atoms with van der Waals surface area (Å²) in [5, 5.41) is 0. The Kier molecular flexibility index (Phi) is 3.67. The third kappa shape index (κ3) is 1.84. The van der Waals surface area contributed by atoms with Crippen LogP contribution in [0.3, 0.4) is 0 Å². The lowest BCUT2D eigenvalue weighted by Crippen LogP contribution is -2.61. The van der Waals surface area contributed by atoms with Gasteiger partial charge in [0.15, 0.2) is 11.4 Å². The molecule has 0 aliphatic carbocycles. The summed E-state index contributed by atoms with van der Waals surface area (Å²) in [4.78, 5) is 24.4. The van der Waals surface area contributed by atoms with E-state index in [1.165, 1.54) is 13.5 Å². The molecule has 2 rings (SSSR count). The van der Waals surface area contributed by atoms with E-state index in [2.05, 4.69) is 0 Å². The van der Waals surface area contributed by atoms with Crippen molar-refractivity contribution in [2.75, 3.05) is 19.4 Å². The molecule has 0 saturated carbocycles. The van der Waals surface area contributed by atoms with Crippen molar-refractivity contribution in [3.8, 4) is 5.75 Å². The smallest absolute Gasteiger partial charge is 0.426 e. The first-order valence-corrected chi connectivity index (χ1v) is 6.50. The number of carbonyl (C=O) groups is 2. The van der Waals surface area contributed by atoms with Gasteiger partial charge in [-0.1, -0.05) is 0 Å². The van der Waals surface area contributed by atoms with Crippen molar-refractivity contribution in [3.05, 3.63) is 24.1 Å². The summed E-state index contributed by atoms with van der Waals surface area (Å²) in [5.41, 5.74) is 13.3. The molecule has 0 spiro atoms. The minimum Gasteiger partial charge on any atom is -0.494 e. The number of ether oxygens (including phenoxy) is 1. The molecule has 0 saturated heterocycles. The molecule has 6 nitrogen and oxygen atoms in total. The normalized spacial score (nSPS) is 22.0. The average Bonchev–Trinajstić information content (AvgIpc) is 2.55. The standard InChI is InChI=1S/C14H18N3O3/c1-3-17(14(16)19)11-8-7-10(15)13(20-2)9(11)5-4-6-12(17)18/h6-8H,3-5,15H2,1-2H3,(H-,16,19)/p+1. The van der Waals surface area contributed by atoms with Crippen LogP contribution in [-0.4, -0.2) is 25.6 Å². The zero-order valence-electron chi connectivity index (χ0n) is 11.7. The maximum atomic E-state index is 12.4. The number of rotatable bonds is 2. The van der Waals surface area contributed by atoms with Crippen molar-refractivity contribution in [1.29, 1.82) is 0 Å². The Morgan fingerprint density at radius 1 is 1.45 bits per heavy atom. The first kappa shape index (κ1) is 14.3. The molecule has 1 aromatic carbocycles. The van der Waals surface area contributed by atoms with E-state index in [9.17, 15) is 9.59 Å². The van der Waals surface area contributed by atoms with Crippen molar-refractivity contribution in [2.45, 2.75) is 19.8 Å². The van der Waals surface area contributed by atoms with Crippen LogP contribution < -0.4 is 20.7 Å². The first-order valence-electron chi connectivity index (χ1n) is 6.50. The predicted octanol–water partition coefficient (Wildman–Crippen LogP) is 1.36. The molecule has 4 N–H and O–H groups in total. The van der Waals surface area contributed by atoms with E-state index >= 15 is 0 Å². The molecule has 0 bridgehead atoms. The summed E-state index contributed by atoms with van der Waals surface area (Å²) in [7, 11) is 1.52. The zero-order valence-corrected chi connectivity index (χ0v) is 11.7. The van der Waals surface area contributed by atoms with E-state index in [1.807, 2.05) is 0 Å². The van der Waals surface area contributed by atoms with Gasteiger partial charge in [-0.3, -0.25) is 0 Å². The summed E-state index contributed by atoms with van der Waals surface area (Å²) in [6.07, 6.45) is 2.63. The molecule has 107 valence electrons. The van der Waals surface area contributed by atoms with Crippen molar-refractivity contribution >= 4 is 23.3 Å². The Labute approximate surface area is 117 Å². The third-order valence-corrected chi connectivity index (χ3v) is 3.82. The van der Waals surface area contributed by atoms with Gasteiger partial charge in [0.25, 0.3) is 0 Å². The fraction of sp³-hybridized carbons (Fsp3) is 0.357. The zero-order chi connectivity index (χ0) is 14.9. The van der Waals surface area contributed by atoms with E-state index < -0.39 is 10.5 Å². The molecule has 1 radical (unpaired) electrons. The Morgan fingerprint density at radius 2 is 2.15 bits per heavy atom. The lowest BCUT2D eigenvalue weighted by Gasteiger charge is -2.30. The van der Waals surface area contributed by atoms with Gasteiger partial charge >= 0.3 is 11.9 Å². The molecule has 3 amide bonds. The predicted molar refractivity (Wildman–Crippen MR) is 77.0 cm³/mol. The lowest BCUT2D eigenvalue weighted by molar-refractivity contribution is -0.123. The number of benzene rings is 1. The number of urea groups is 1. The molecule has 1 aromatic rings. The minimum atomic E-state index is -0.691. The Bertz CT molecular complexity index is 571. The molecule has 1 aliphatic heterocycles. The number of carbonyl (C=O) groups excluding carboxylic acids is 2. The molecule has 0 aromatic heterocycles. The van der Waals surface area contributed by atoms with E-state index in [4.69, 9.17) is 16.2 Å². The summed E-state index contributed by atoms with van der Waals surface area (Å²) < 4.78 is 4.82. The van der Waals surface area contributed by atoms with E-state index in [0.29, 0.717) is 30.0 Å². The summed E-state index contributed by atoms with van der Waals surface area (Å²) in [6.45, 7) is 2.01. The van der Waals surface area contributed by atoms with Crippen LogP contribution in [0.4, 0.5) is 16.2 Å². The average molecular weight is 277 g/mol. The topological polar surface area (TPSA) is 95.4 Å². The summed E-state index contributed by atoms with van der Waals surface area (Å²) >= 11 is 0. The first-order chi connectivity index (χ1) is 9.48. The number of imide groups is 1. The van der Waals surface area contributed by atoms with Crippen LogP contribution in [0.5, 0.6) is 5.75 Å². The monoisotopic (exact) mass is 277 g/mol. The molecule has 20 heavy (non-hydrogen) atoms. The van der Waals surface area contributed by atoms with Crippen LogP contribution in [0.1, 0.15) is 18.9 Å². The van der Waals surface area contributed by atoms with Crippen molar-refractivity contribution in [3.63, 3.8) is 0 Å². The highest BCUT2D eigenvalue weighted by Crippen LogP contribution is 2.41. The number of methoxy groups -OCH3 is 1. The number of primary amides is 1. The number of nitrogens with zero attached hydrogens (tertiary/aromatic N) is 1. The second kappa shape index (κ2) is 5.13. The van der Waals surface area contributed by atoms with Crippen LogP contribution in [0.25, 0.3) is 0 Å². The van der Waals surface area contributed by atoms with Gasteiger partial charge in [-0.25, -0.2) is 9.59 Å². The van der Waals surface area contributed by atoms with Crippen LogP contribution in [0.2, 0.25) is 0 Å². The highest BCUT2D eigenvalue weighted by Gasteiger charge is 2.47. The number of hydrogen-bond acceptors (Lipinski definition) is 4. The maximum absolute atomic E-state index is 12.4. The third-order valence-electron chi connectivity index (χ3n) is 3.82. The number of anilines is 1. The number of nitrogens with two attached hydrogens (primary N) is 2. The second-order valence-corrected chi connectivity index (χ2v) is 4.73. The second-order valence-electron chi connectivity index (χ2n) is 4.73. The van der Waals surface area contributed by atoms with E-state index in [1.54, 1.807) is 19.1 Å². The Balaban J connectivity index is 2.79. The van der Waals surface area contributed by atoms with Crippen molar-refractivity contribution < 1.29 is 14.3 Å². The fourth-order valence-corrected chi connectivity index (χ4v) is 2.80. The molecule has 6 heteroatoms. The van der Waals surface area contributed by atoms with Gasteiger partial charge < -0.3 is 16.2 Å². The molecular formula is C14H19N3O3+. The molecular weight excluding hydrogens is 258 g/mol. The maximum Gasteiger partial charge on any atom is 0.426 e. The minimum absolute atomic E-state index is 0.255. The van der Waals surface area contributed by atoms with Gasteiger partial charge in [0.1, 0.15) is 0 Å². The molecule has 1 heterocycles. The van der Waals surface area contributed by atoms with Gasteiger partial charge in [0.05, 0.1) is 31.3 Å². The number of fused-ring (bicyclic) bond motifs is 1. The van der Waals surface area contributed by atoms with Crippen LogP contribution in [-0.2, 0) is 11.2 Å². The van der Waals surface area contributed by atoms with E-state index in [-0.39, 0.29) is 12.5 Å². The SMILES string of the molecule is CC[N+]1(C(N)=O)C(=O)[CH]CCc2c1ccc(N)c2OC. The van der Waals surface area contributed by atoms with Gasteiger partial charge in [-0.15, -0.1) is 4.48 Å². The Morgan fingerprint density at radius 3 is 2.70 bits per heavy atom. The van der Waals surface area contributed by atoms with Crippen LogP contribution >= 0.6 is 0 Å². The van der Waals surface area contributed by atoms with Gasteiger partial charge in [-0.05, 0) is 25.8 Å². The summed E-state index contributed by atoms with van der Waals surface area (Å²) in [5.74, 6) is 0.216. The molecule has 1 atom stereocenters. The highest BCUT2D eigenvalue weighted by molar-refractivity contribution is 6.12. The number of amides is 3. The van der Waals surface area contributed by atoms with Crippen LogP contribution in [0.15, 0.2) is 12.1 Å². The molecule has 1 aliphatic rings. The summed E-state index contributed by atoms with van der Waals surface area (Å²) in [6, 6.07) is 2.64. The molecule has 0 fully saturated rings.